The highest BCUT2D eigenvalue weighted by atomic mass is 32.1. The summed E-state index contributed by atoms with van der Waals surface area (Å²) in [4.78, 5) is 20.5. The van der Waals surface area contributed by atoms with Gasteiger partial charge in [-0.2, -0.15) is 0 Å². The van der Waals surface area contributed by atoms with Crippen molar-refractivity contribution in [2.24, 2.45) is 11.3 Å². The standard InChI is InChI=1S/C35H40N2O3S/c1-25-22-28(9-12-31(25)40-2)35-17-14-34(15-18-35,16-19-35)24-37(33(39)27-7-10-30(38)11-8-27)29-5-3-4-26(23-29)6-13-32-36-20-21-41-32/h3-5,9,12,20-23,27,30,38H,7-8,10-11,14-19,24H2,1-2H3/t27-,30-,34?,35?. The molecule has 0 spiro atoms. The van der Waals surface area contributed by atoms with Crippen LogP contribution in [0.2, 0.25) is 0 Å². The molecule has 4 aliphatic carbocycles. The molecule has 1 aromatic heterocycles. The summed E-state index contributed by atoms with van der Waals surface area (Å²) in [5, 5.41) is 12.8. The van der Waals surface area contributed by atoms with Crippen LogP contribution in [0.25, 0.3) is 0 Å². The number of aliphatic hydroxyl groups excluding tert-OH is 1. The lowest BCUT2D eigenvalue weighted by Gasteiger charge is -2.55. The van der Waals surface area contributed by atoms with Crippen molar-refractivity contribution in [1.29, 1.82) is 0 Å². The molecule has 4 aliphatic rings. The fraction of sp³-hybridized carbons (Fsp3) is 0.486. The van der Waals surface area contributed by atoms with Gasteiger partial charge in [-0.15, -0.1) is 11.3 Å². The maximum absolute atomic E-state index is 14.2. The zero-order chi connectivity index (χ0) is 28.5. The van der Waals surface area contributed by atoms with Crippen LogP contribution in [-0.4, -0.2) is 35.8 Å². The van der Waals surface area contributed by atoms with Crippen molar-refractivity contribution in [3.63, 3.8) is 0 Å². The maximum atomic E-state index is 14.2. The molecule has 4 fully saturated rings. The van der Waals surface area contributed by atoms with Gasteiger partial charge < -0.3 is 14.7 Å². The normalized spacial score (nSPS) is 27.1. The first-order valence-electron chi connectivity index (χ1n) is 15.0. The fourth-order valence-corrected chi connectivity index (χ4v) is 7.96. The molecule has 0 unspecified atom stereocenters. The second-order valence-electron chi connectivity index (χ2n) is 12.5. The number of ether oxygens (including phenoxy) is 1. The number of thiazole rings is 1. The lowest BCUT2D eigenvalue weighted by Crippen LogP contribution is -2.51. The molecule has 1 heterocycles. The minimum Gasteiger partial charge on any atom is -0.496 e. The van der Waals surface area contributed by atoms with Gasteiger partial charge in [-0.05, 0) is 123 Å². The highest BCUT2D eigenvalue weighted by Crippen LogP contribution is 2.58. The van der Waals surface area contributed by atoms with E-state index in [4.69, 9.17) is 4.74 Å². The Kier molecular flexibility index (Phi) is 7.94. The van der Waals surface area contributed by atoms with Crippen LogP contribution in [0, 0.1) is 30.1 Å². The Bertz CT molecular complexity index is 1420. The van der Waals surface area contributed by atoms with E-state index in [2.05, 4.69) is 59.0 Å². The van der Waals surface area contributed by atoms with Crippen molar-refractivity contribution in [2.75, 3.05) is 18.6 Å². The number of aryl methyl sites for hydroxylation is 1. The van der Waals surface area contributed by atoms with Crippen molar-refractivity contribution in [2.45, 2.75) is 82.7 Å². The topological polar surface area (TPSA) is 62.7 Å². The molecule has 0 aliphatic heterocycles. The molecule has 2 aromatic carbocycles. The van der Waals surface area contributed by atoms with Crippen LogP contribution >= 0.6 is 11.3 Å². The number of hydrogen-bond acceptors (Lipinski definition) is 5. The maximum Gasteiger partial charge on any atom is 0.230 e. The summed E-state index contributed by atoms with van der Waals surface area (Å²) >= 11 is 1.53. The van der Waals surface area contributed by atoms with E-state index < -0.39 is 0 Å². The van der Waals surface area contributed by atoms with Crippen LogP contribution in [-0.2, 0) is 10.2 Å². The smallest absolute Gasteiger partial charge is 0.230 e. The van der Waals surface area contributed by atoms with Crippen LogP contribution < -0.4 is 9.64 Å². The largest absolute Gasteiger partial charge is 0.496 e. The number of rotatable bonds is 6. The van der Waals surface area contributed by atoms with Crippen LogP contribution in [0.3, 0.4) is 0 Å². The molecule has 41 heavy (non-hydrogen) atoms. The van der Waals surface area contributed by atoms with Gasteiger partial charge in [0.2, 0.25) is 5.91 Å². The number of carbonyl (C=O) groups excluding carboxylic acids is 1. The first kappa shape index (κ1) is 28.0. The average molecular weight is 569 g/mol. The lowest BCUT2D eigenvalue weighted by molar-refractivity contribution is -0.124. The number of aromatic nitrogens is 1. The summed E-state index contributed by atoms with van der Waals surface area (Å²) in [7, 11) is 1.74. The summed E-state index contributed by atoms with van der Waals surface area (Å²) in [6, 6.07) is 14.9. The van der Waals surface area contributed by atoms with Gasteiger partial charge in [-0.1, -0.05) is 24.1 Å². The van der Waals surface area contributed by atoms with Crippen LogP contribution in [0.15, 0.2) is 54.0 Å². The van der Waals surface area contributed by atoms with Gasteiger partial charge in [0.25, 0.3) is 0 Å². The average Bonchev–Trinajstić information content (AvgIpc) is 3.54. The fourth-order valence-electron chi connectivity index (χ4n) is 7.48. The number of aliphatic hydroxyl groups is 1. The lowest BCUT2D eigenvalue weighted by atomic mass is 9.51. The zero-order valence-electron chi connectivity index (χ0n) is 24.2. The van der Waals surface area contributed by atoms with Crippen LogP contribution in [0.4, 0.5) is 5.69 Å². The first-order chi connectivity index (χ1) is 19.9. The van der Waals surface area contributed by atoms with Gasteiger partial charge in [0, 0.05) is 35.3 Å². The molecule has 0 atom stereocenters. The van der Waals surface area contributed by atoms with E-state index in [9.17, 15) is 9.90 Å². The van der Waals surface area contributed by atoms with Crippen molar-refractivity contribution < 1.29 is 14.6 Å². The first-order valence-corrected chi connectivity index (χ1v) is 15.9. The number of methoxy groups -OCH3 is 1. The van der Waals surface area contributed by atoms with Crippen molar-refractivity contribution in [1.82, 2.24) is 4.98 Å². The Balaban J connectivity index is 1.25. The Labute approximate surface area is 248 Å². The third-order valence-corrected chi connectivity index (χ3v) is 10.8. The van der Waals surface area contributed by atoms with Gasteiger partial charge in [0.05, 0.1) is 13.2 Å². The number of benzene rings is 2. The summed E-state index contributed by atoms with van der Waals surface area (Å²) in [5.41, 5.74) is 4.86. The molecular formula is C35H40N2O3S. The summed E-state index contributed by atoms with van der Waals surface area (Å²) < 4.78 is 5.52. The Morgan fingerprint density at radius 1 is 1.05 bits per heavy atom. The molecular weight excluding hydrogens is 528 g/mol. The van der Waals surface area contributed by atoms with Crippen LogP contribution in [0.1, 0.15) is 85.9 Å². The Hall–Kier alpha value is -3.14. The van der Waals surface area contributed by atoms with Gasteiger partial charge in [0.15, 0.2) is 5.01 Å². The van der Waals surface area contributed by atoms with E-state index in [0.29, 0.717) is 12.8 Å². The number of anilines is 1. The van der Waals surface area contributed by atoms with E-state index in [1.807, 2.05) is 17.5 Å². The van der Waals surface area contributed by atoms with E-state index in [1.165, 1.54) is 22.5 Å². The molecule has 1 amide bonds. The number of nitrogens with zero attached hydrogens (tertiary/aromatic N) is 2. The van der Waals surface area contributed by atoms with Gasteiger partial charge in [-0.3, -0.25) is 4.79 Å². The van der Waals surface area contributed by atoms with E-state index >= 15 is 0 Å². The highest BCUT2D eigenvalue weighted by Gasteiger charge is 2.50. The molecule has 3 aromatic rings. The number of carbonyl (C=O) groups is 1. The molecule has 214 valence electrons. The molecule has 0 saturated heterocycles. The second kappa shape index (κ2) is 11.6. The molecule has 7 rings (SSSR count). The van der Waals surface area contributed by atoms with Gasteiger partial charge >= 0.3 is 0 Å². The predicted molar refractivity (Wildman–Crippen MR) is 164 cm³/mol. The molecule has 2 bridgehead atoms. The summed E-state index contributed by atoms with van der Waals surface area (Å²) in [6.45, 7) is 2.89. The minimum absolute atomic E-state index is 0.0339. The molecule has 0 radical (unpaired) electrons. The highest BCUT2D eigenvalue weighted by molar-refractivity contribution is 7.10. The number of fused-ring (bicyclic) bond motifs is 3. The van der Waals surface area contributed by atoms with Crippen molar-refractivity contribution in [3.8, 4) is 17.6 Å². The molecule has 1 N–H and O–H groups in total. The zero-order valence-corrected chi connectivity index (χ0v) is 25.0. The Morgan fingerprint density at radius 3 is 2.46 bits per heavy atom. The van der Waals surface area contributed by atoms with E-state index in [0.717, 1.165) is 79.9 Å². The Morgan fingerprint density at radius 2 is 1.80 bits per heavy atom. The van der Waals surface area contributed by atoms with Crippen LogP contribution in [0.5, 0.6) is 5.75 Å². The molecule has 4 saturated carbocycles. The third kappa shape index (κ3) is 5.80. The number of hydrogen-bond donors (Lipinski definition) is 1. The SMILES string of the molecule is COc1ccc(C23CCC(CN(c4cccc(C#Cc5nccs5)c4)C(=O)[C@H]4CC[C@H](O)CC4)(CC2)CC3)cc1C. The van der Waals surface area contributed by atoms with Gasteiger partial charge in [0.1, 0.15) is 5.75 Å². The predicted octanol–water partition coefficient (Wildman–Crippen LogP) is 7.04. The summed E-state index contributed by atoms with van der Waals surface area (Å²) in [6.07, 6.45) is 11.3. The van der Waals surface area contributed by atoms with E-state index in [-0.39, 0.29) is 28.8 Å². The monoisotopic (exact) mass is 568 g/mol. The quantitative estimate of drug-likeness (QED) is 0.324. The summed E-state index contributed by atoms with van der Waals surface area (Å²) in [5.74, 6) is 7.55. The minimum atomic E-state index is -0.276. The van der Waals surface area contributed by atoms with Gasteiger partial charge in [-0.25, -0.2) is 4.98 Å². The van der Waals surface area contributed by atoms with E-state index in [1.54, 1.807) is 13.3 Å². The number of amides is 1. The van der Waals surface area contributed by atoms with Crippen molar-refractivity contribution in [3.05, 3.63) is 75.7 Å². The second-order valence-corrected chi connectivity index (χ2v) is 13.4. The third-order valence-electron chi connectivity index (χ3n) is 10.1. The molecule has 6 heteroatoms. The molecule has 5 nitrogen and oxygen atoms in total. The van der Waals surface area contributed by atoms with Crippen molar-refractivity contribution >= 4 is 22.9 Å².